The van der Waals surface area contributed by atoms with Gasteiger partial charge in [0, 0.05) is 17.9 Å². The molecule has 0 heterocycles. The predicted molar refractivity (Wildman–Crippen MR) is 64.0 cm³/mol. The molecule has 18 heavy (non-hydrogen) atoms. The van der Waals surface area contributed by atoms with E-state index in [2.05, 4.69) is 0 Å². The maximum absolute atomic E-state index is 11.6. The minimum atomic E-state index is -3.53. The van der Waals surface area contributed by atoms with Crippen molar-refractivity contribution in [3.63, 3.8) is 0 Å². The Labute approximate surface area is 105 Å². The third kappa shape index (κ3) is 3.13. The van der Waals surface area contributed by atoms with Crippen LogP contribution < -0.4 is 9.47 Å². The first kappa shape index (κ1) is 14.3. The minimum absolute atomic E-state index is 0.0423. The Kier molecular flexibility index (Phi) is 4.18. The molecule has 100 valence electrons. The van der Waals surface area contributed by atoms with Crippen molar-refractivity contribution in [3.05, 3.63) is 17.7 Å². The highest BCUT2D eigenvalue weighted by Gasteiger charge is 2.21. The monoisotopic (exact) mass is 274 g/mol. The molecule has 0 aliphatic heterocycles. The quantitative estimate of drug-likeness (QED) is 0.851. The van der Waals surface area contributed by atoms with Crippen molar-refractivity contribution in [1.82, 2.24) is 0 Å². The number of hydrogen-bond donors (Lipinski definition) is 1. The summed E-state index contributed by atoms with van der Waals surface area (Å²) in [5, 5.41) is 8.80. The third-order valence-electron chi connectivity index (χ3n) is 2.29. The lowest BCUT2D eigenvalue weighted by Crippen LogP contribution is -2.08. The Morgan fingerprint density at radius 3 is 2.28 bits per heavy atom. The van der Waals surface area contributed by atoms with E-state index in [1.54, 1.807) is 0 Å². The number of hydrogen-bond acceptors (Lipinski definition) is 5. The fourth-order valence-electron chi connectivity index (χ4n) is 1.55. The second kappa shape index (κ2) is 5.26. The van der Waals surface area contributed by atoms with Crippen LogP contribution in [0, 0.1) is 0 Å². The van der Waals surface area contributed by atoms with Gasteiger partial charge in [0.2, 0.25) is 0 Å². The Hall–Kier alpha value is -1.76. The van der Waals surface area contributed by atoms with Crippen LogP contribution in [0.25, 0.3) is 0 Å². The van der Waals surface area contributed by atoms with Crippen molar-refractivity contribution in [2.75, 3.05) is 20.5 Å². The van der Waals surface area contributed by atoms with Crippen LogP contribution in [0.1, 0.15) is 5.56 Å². The molecule has 0 unspecified atom stereocenters. The van der Waals surface area contributed by atoms with Crippen molar-refractivity contribution in [2.24, 2.45) is 0 Å². The largest absolute Gasteiger partial charge is 0.497 e. The first-order valence-electron chi connectivity index (χ1n) is 4.96. The van der Waals surface area contributed by atoms with E-state index in [9.17, 15) is 13.2 Å². The highest BCUT2D eigenvalue weighted by atomic mass is 32.2. The maximum atomic E-state index is 11.6. The molecule has 0 spiro atoms. The molecule has 0 aliphatic carbocycles. The summed E-state index contributed by atoms with van der Waals surface area (Å²) in [6, 6.07) is 2.75. The molecule has 0 fully saturated rings. The normalized spacial score (nSPS) is 11.1. The number of ether oxygens (including phenoxy) is 2. The molecule has 7 heteroatoms. The predicted octanol–water partition coefficient (Wildman–Crippen LogP) is 0.734. The molecule has 1 N–H and O–H groups in total. The van der Waals surface area contributed by atoms with Crippen LogP contribution in [0.15, 0.2) is 17.0 Å². The molecule has 0 radical (unpaired) electrons. The maximum Gasteiger partial charge on any atom is 0.307 e. The van der Waals surface area contributed by atoms with Crippen molar-refractivity contribution < 1.29 is 27.8 Å². The van der Waals surface area contributed by atoms with Gasteiger partial charge in [0.25, 0.3) is 0 Å². The lowest BCUT2D eigenvalue weighted by molar-refractivity contribution is -0.136. The summed E-state index contributed by atoms with van der Waals surface area (Å²) < 4.78 is 33.2. The molecule has 0 aliphatic rings. The van der Waals surface area contributed by atoms with Crippen LogP contribution in [-0.4, -0.2) is 40.0 Å². The first-order valence-corrected chi connectivity index (χ1v) is 6.85. The van der Waals surface area contributed by atoms with Gasteiger partial charge in [0.1, 0.15) is 16.4 Å². The Bertz CT molecular complexity index is 561. The lowest BCUT2D eigenvalue weighted by atomic mass is 10.1. The number of carboxylic acids is 1. The number of benzene rings is 1. The van der Waals surface area contributed by atoms with Crippen molar-refractivity contribution in [1.29, 1.82) is 0 Å². The van der Waals surface area contributed by atoms with Crippen LogP contribution in [0.3, 0.4) is 0 Å². The zero-order valence-corrected chi connectivity index (χ0v) is 11.1. The van der Waals surface area contributed by atoms with E-state index in [1.165, 1.54) is 26.4 Å². The molecule has 6 nitrogen and oxygen atoms in total. The Morgan fingerprint density at radius 2 is 1.89 bits per heavy atom. The smallest absolute Gasteiger partial charge is 0.307 e. The zero-order chi connectivity index (χ0) is 13.9. The number of aliphatic carboxylic acids is 1. The van der Waals surface area contributed by atoms with Gasteiger partial charge in [-0.2, -0.15) is 0 Å². The summed E-state index contributed by atoms with van der Waals surface area (Å²) in [6.07, 6.45) is 0.678. The summed E-state index contributed by atoms with van der Waals surface area (Å²) in [4.78, 5) is 10.7. The molecular weight excluding hydrogens is 260 g/mol. The molecule has 0 bridgehead atoms. The number of methoxy groups -OCH3 is 2. The van der Waals surface area contributed by atoms with E-state index < -0.39 is 15.8 Å². The molecule has 0 saturated heterocycles. The van der Waals surface area contributed by atoms with Crippen LogP contribution in [0.2, 0.25) is 0 Å². The van der Waals surface area contributed by atoms with Gasteiger partial charge < -0.3 is 14.6 Å². The fourth-order valence-corrected chi connectivity index (χ4v) is 2.43. The van der Waals surface area contributed by atoms with Gasteiger partial charge in [0.15, 0.2) is 9.84 Å². The standard InChI is InChI=1S/C11H14O6S/c1-16-8-4-7(5-10(12)13)11(17-2)9(6-8)18(3,14)15/h4,6H,5H2,1-3H3,(H,12,13). The zero-order valence-electron chi connectivity index (χ0n) is 10.3. The SMILES string of the molecule is COc1cc(CC(=O)O)c(OC)c(S(C)(=O)=O)c1. The molecule has 1 aromatic rings. The van der Waals surface area contributed by atoms with Gasteiger partial charge >= 0.3 is 5.97 Å². The Morgan fingerprint density at radius 1 is 1.28 bits per heavy atom. The van der Waals surface area contributed by atoms with E-state index >= 15 is 0 Å². The summed E-state index contributed by atoms with van der Waals surface area (Å²) in [5.74, 6) is -0.769. The van der Waals surface area contributed by atoms with Crippen LogP contribution in [0.5, 0.6) is 11.5 Å². The van der Waals surface area contributed by atoms with Crippen LogP contribution >= 0.6 is 0 Å². The minimum Gasteiger partial charge on any atom is -0.497 e. The average molecular weight is 274 g/mol. The van der Waals surface area contributed by atoms with Gasteiger partial charge in [-0.3, -0.25) is 4.79 Å². The summed E-state index contributed by atoms with van der Waals surface area (Å²) >= 11 is 0. The molecule has 0 aromatic heterocycles. The summed E-state index contributed by atoms with van der Waals surface area (Å²) in [6.45, 7) is 0. The van der Waals surface area contributed by atoms with E-state index in [-0.39, 0.29) is 28.4 Å². The van der Waals surface area contributed by atoms with Gasteiger partial charge in [-0.05, 0) is 6.07 Å². The Balaban J connectivity index is 3.54. The van der Waals surface area contributed by atoms with E-state index in [0.29, 0.717) is 0 Å². The molecule has 1 aromatic carbocycles. The van der Waals surface area contributed by atoms with Crippen LogP contribution in [-0.2, 0) is 21.1 Å². The van der Waals surface area contributed by atoms with Gasteiger partial charge in [-0.15, -0.1) is 0 Å². The number of rotatable bonds is 5. The highest BCUT2D eigenvalue weighted by Crippen LogP contribution is 2.33. The fraction of sp³-hybridized carbons (Fsp3) is 0.364. The van der Waals surface area contributed by atoms with E-state index in [1.807, 2.05) is 0 Å². The molecular formula is C11H14O6S. The molecule has 0 saturated carbocycles. The highest BCUT2D eigenvalue weighted by molar-refractivity contribution is 7.90. The van der Waals surface area contributed by atoms with Gasteiger partial charge in [0.05, 0.1) is 20.6 Å². The molecule has 1 rings (SSSR count). The van der Waals surface area contributed by atoms with Crippen molar-refractivity contribution in [3.8, 4) is 11.5 Å². The van der Waals surface area contributed by atoms with Gasteiger partial charge in [-0.1, -0.05) is 0 Å². The summed E-state index contributed by atoms with van der Waals surface area (Å²) in [7, 11) is -0.867. The third-order valence-corrected chi connectivity index (χ3v) is 3.39. The molecule has 0 atom stereocenters. The van der Waals surface area contributed by atoms with Gasteiger partial charge in [-0.25, -0.2) is 8.42 Å². The van der Waals surface area contributed by atoms with Crippen LogP contribution in [0.4, 0.5) is 0 Å². The second-order valence-electron chi connectivity index (χ2n) is 3.66. The van der Waals surface area contributed by atoms with E-state index in [4.69, 9.17) is 14.6 Å². The number of carboxylic acid groups (broad SMARTS) is 1. The van der Waals surface area contributed by atoms with E-state index in [0.717, 1.165) is 6.26 Å². The number of sulfone groups is 1. The second-order valence-corrected chi connectivity index (χ2v) is 5.64. The summed E-state index contributed by atoms with van der Waals surface area (Å²) in [5.41, 5.74) is 0.254. The van der Waals surface area contributed by atoms with Crippen molar-refractivity contribution >= 4 is 15.8 Å². The van der Waals surface area contributed by atoms with Crippen molar-refractivity contribution in [2.45, 2.75) is 11.3 Å². The number of carbonyl (C=O) groups is 1. The topological polar surface area (TPSA) is 89.9 Å². The first-order chi connectivity index (χ1) is 8.29. The lowest BCUT2D eigenvalue weighted by Gasteiger charge is -2.13. The molecule has 0 amide bonds. The average Bonchev–Trinajstić information content (AvgIpc) is 2.25.